The summed E-state index contributed by atoms with van der Waals surface area (Å²) in [5.74, 6) is 0.282. The molecule has 0 bridgehead atoms. The first-order chi connectivity index (χ1) is 12.3. The van der Waals surface area contributed by atoms with Crippen LogP contribution in [-0.2, 0) is 6.42 Å². The van der Waals surface area contributed by atoms with Gasteiger partial charge in [0.1, 0.15) is 5.75 Å². The van der Waals surface area contributed by atoms with Gasteiger partial charge in [-0.3, -0.25) is 0 Å². The number of nitrogens with zero attached hydrogens (tertiary/aromatic N) is 1. The quantitative estimate of drug-likeness (QED) is 0.480. The molecule has 0 spiro atoms. The fourth-order valence-electron chi connectivity index (χ4n) is 3.57. The first-order valence-electron chi connectivity index (χ1n) is 8.24. The summed E-state index contributed by atoms with van der Waals surface area (Å²) in [5, 5.41) is 10.4. The van der Waals surface area contributed by atoms with Gasteiger partial charge in [0.15, 0.2) is 0 Å². The van der Waals surface area contributed by atoms with E-state index >= 15 is 0 Å². The number of phenolic OH excluding ortho intramolecular Hbond substituents is 1. The molecule has 2 heterocycles. The molecule has 0 unspecified atom stereocenters. The molecule has 0 fully saturated rings. The van der Waals surface area contributed by atoms with Crippen molar-refractivity contribution in [2.75, 3.05) is 0 Å². The Labute approximate surface area is 145 Å². The van der Waals surface area contributed by atoms with E-state index in [0.29, 0.717) is 0 Å². The van der Waals surface area contributed by atoms with E-state index in [-0.39, 0.29) is 5.75 Å². The lowest BCUT2D eigenvalue weighted by Crippen LogP contribution is -1.94. The van der Waals surface area contributed by atoms with Crippen molar-refractivity contribution in [1.29, 1.82) is 0 Å². The Hall–Kier alpha value is -3.33. The van der Waals surface area contributed by atoms with Gasteiger partial charge in [-0.05, 0) is 34.9 Å². The largest absolute Gasteiger partial charge is 0.507 e. The second-order valence-corrected chi connectivity index (χ2v) is 6.25. The van der Waals surface area contributed by atoms with Crippen molar-refractivity contribution in [3.63, 3.8) is 0 Å². The number of hydrogen-bond donors (Lipinski definition) is 1. The average molecular weight is 325 g/mol. The van der Waals surface area contributed by atoms with Gasteiger partial charge in [0.05, 0.1) is 23.9 Å². The number of para-hydroxylation sites is 1. The number of pyridine rings is 1. The molecular weight excluding hydrogens is 310 g/mol. The van der Waals surface area contributed by atoms with Gasteiger partial charge < -0.3 is 9.52 Å². The summed E-state index contributed by atoms with van der Waals surface area (Å²) in [7, 11) is 0. The lowest BCUT2D eigenvalue weighted by Gasteiger charge is -2.12. The average Bonchev–Trinajstić information content (AvgIpc) is 3.29. The summed E-state index contributed by atoms with van der Waals surface area (Å²) in [6.45, 7) is 0. The van der Waals surface area contributed by atoms with Crippen LogP contribution in [-0.4, -0.2) is 10.1 Å². The fraction of sp³-hybridized carbons (Fsp3) is 0.0455. The summed E-state index contributed by atoms with van der Waals surface area (Å²) in [6, 6.07) is 19.8. The number of benzene rings is 2. The summed E-state index contributed by atoms with van der Waals surface area (Å²) in [5.41, 5.74) is 8.23. The highest BCUT2D eigenvalue weighted by molar-refractivity contribution is 5.87. The van der Waals surface area contributed by atoms with Crippen LogP contribution < -0.4 is 0 Å². The minimum Gasteiger partial charge on any atom is -0.507 e. The van der Waals surface area contributed by atoms with Crippen LogP contribution in [0.15, 0.2) is 77.6 Å². The van der Waals surface area contributed by atoms with Crippen LogP contribution in [0, 0.1) is 0 Å². The van der Waals surface area contributed by atoms with E-state index in [1.165, 1.54) is 11.1 Å². The van der Waals surface area contributed by atoms with Crippen molar-refractivity contribution >= 4 is 0 Å². The molecular formula is C22H15NO2. The Morgan fingerprint density at radius 3 is 2.48 bits per heavy atom. The van der Waals surface area contributed by atoms with E-state index in [4.69, 9.17) is 9.40 Å². The number of fused-ring (bicyclic) bond motifs is 3. The predicted molar refractivity (Wildman–Crippen MR) is 97.3 cm³/mol. The van der Waals surface area contributed by atoms with Crippen LogP contribution in [0.25, 0.3) is 33.6 Å². The third kappa shape index (κ3) is 2.17. The fourth-order valence-corrected chi connectivity index (χ4v) is 3.57. The number of phenols is 1. The van der Waals surface area contributed by atoms with Crippen molar-refractivity contribution in [3.8, 4) is 39.4 Å². The molecule has 3 heteroatoms. The van der Waals surface area contributed by atoms with Crippen molar-refractivity contribution in [2.45, 2.75) is 6.42 Å². The lowest BCUT2D eigenvalue weighted by atomic mass is 9.96. The standard InChI is InChI=1S/C22H15NO2/c24-21-8-4-3-7-17(21)18-12-20(15-9-10-25-13-15)23-22-16-6-2-1-5-14(16)11-19(18)22/h1-10,12-13,24H,11H2. The number of furan rings is 1. The van der Waals surface area contributed by atoms with E-state index in [1.54, 1.807) is 18.6 Å². The van der Waals surface area contributed by atoms with E-state index < -0.39 is 0 Å². The minimum atomic E-state index is 0.282. The molecule has 2 aromatic heterocycles. The predicted octanol–water partition coefficient (Wildman–Crippen LogP) is 5.29. The topological polar surface area (TPSA) is 46.3 Å². The number of rotatable bonds is 2. The lowest BCUT2D eigenvalue weighted by molar-refractivity contribution is 0.477. The molecule has 0 aliphatic heterocycles. The molecule has 0 amide bonds. The molecule has 3 nitrogen and oxygen atoms in total. The van der Waals surface area contributed by atoms with Crippen molar-refractivity contribution in [2.24, 2.45) is 0 Å². The van der Waals surface area contributed by atoms with Gasteiger partial charge in [0.25, 0.3) is 0 Å². The van der Waals surface area contributed by atoms with E-state index in [1.807, 2.05) is 36.4 Å². The van der Waals surface area contributed by atoms with Crippen LogP contribution in [0.4, 0.5) is 0 Å². The summed E-state index contributed by atoms with van der Waals surface area (Å²) < 4.78 is 5.24. The smallest absolute Gasteiger partial charge is 0.123 e. The van der Waals surface area contributed by atoms with Crippen molar-refractivity contribution < 1.29 is 9.52 Å². The van der Waals surface area contributed by atoms with Crippen molar-refractivity contribution in [1.82, 2.24) is 4.98 Å². The summed E-state index contributed by atoms with van der Waals surface area (Å²) in [4.78, 5) is 4.91. The minimum absolute atomic E-state index is 0.282. The Kier molecular flexibility index (Phi) is 3.01. The highest BCUT2D eigenvalue weighted by Crippen LogP contribution is 2.44. The monoisotopic (exact) mass is 325 g/mol. The number of aromatic nitrogens is 1. The van der Waals surface area contributed by atoms with Crippen LogP contribution in [0.5, 0.6) is 5.75 Å². The first kappa shape index (κ1) is 14.1. The van der Waals surface area contributed by atoms with Gasteiger partial charge in [0, 0.05) is 23.1 Å². The summed E-state index contributed by atoms with van der Waals surface area (Å²) in [6.07, 6.45) is 4.18. The maximum Gasteiger partial charge on any atom is 0.123 e. The van der Waals surface area contributed by atoms with Crippen LogP contribution >= 0.6 is 0 Å². The van der Waals surface area contributed by atoms with E-state index in [9.17, 15) is 5.11 Å². The SMILES string of the molecule is Oc1ccccc1-c1cc(-c2ccoc2)nc2c1Cc1ccccc1-2. The zero-order chi connectivity index (χ0) is 16.8. The Morgan fingerprint density at radius 1 is 0.880 bits per heavy atom. The second-order valence-electron chi connectivity index (χ2n) is 6.25. The zero-order valence-electron chi connectivity index (χ0n) is 13.4. The van der Waals surface area contributed by atoms with Crippen LogP contribution in [0.2, 0.25) is 0 Å². The molecule has 0 saturated carbocycles. The molecule has 0 atom stereocenters. The van der Waals surface area contributed by atoms with E-state index in [2.05, 4.69) is 18.2 Å². The molecule has 120 valence electrons. The van der Waals surface area contributed by atoms with Gasteiger partial charge in [-0.25, -0.2) is 4.98 Å². The number of hydrogen-bond acceptors (Lipinski definition) is 3. The van der Waals surface area contributed by atoms with Crippen LogP contribution in [0.1, 0.15) is 11.1 Å². The molecule has 2 aromatic carbocycles. The van der Waals surface area contributed by atoms with E-state index in [0.717, 1.165) is 40.1 Å². The van der Waals surface area contributed by atoms with Crippen molar-refractivity contribution in [3.05, 3.63) is 84.3 Å². The Bertz CT molecular complexity index is 1080. The molecule has 1 aliphatic rings. The van der Waals surface area contributed by atoms with Gasteiger partial charge in [0.2, 0.25) is 0 Å². The first-order valence-corrected chi connectivity index (χ1v) is 8.24. The third-order valence-electron chi connectivity index (χ3n) is 4.78. The molecule has 0 radical (unpaired) electrons. The van der Waals surface area contributed by atoms with Gasteiger partial charge >= 0.3 is 0 Å². The normalized spacial score (nSPS) is 12.0. The van der Waals surface area contributed by atoms with Crippen LogP contribution in [0.3, 0.4) is 0 Å². The zero-order valence-corrected chi connectivity index (χ0v) is 13.4. The highest BCUT2D eigenvalue weighted by Gasteiger charge is 2.25. The maximum atomic E-state index is 10.4. The molecule has 1 N–H and O–H groups in total. The molecule has 1 aliphatic carbocycles. The molecule has 4 aromatic rings. The molecule has 5 rings (SSSR count). The second kappa shape index (κ2) is 5.35. The molecule has 25 heavy (non-hydrogen) atoms. The Morgan fingerprint density at radius 2 is 1.68 bits per heavy atom. The maximum absolute atomic E-state index is 10.4. The number of aromatic hydroxyl groups is 1. The third-order valence-corrected chi connectivity index (χ3v) is 4.78. The Balaban J connectivity index is 1.82. The van der Waals surface area contributed by atoms with Gasteiger partial charge in [-0.15, -0.1) is 0 Å². The summed E-state index contributed by atoms with van der Waals surface area (Å²) >= 11 is 0. The van der Waals surface area contributed by atoms with Gasteiger partial charge in [-0.1, -0.05) is 42.5 Å². The molecule has 0 saturated heterocycles. The van der Waals surface area contributed by atoms with Gasteiger partial charge in [-0.2, -0.15) is 0 Å². The highest BCUT2D eigenvalue weighted by atomic mass is 16.3.